The third kappa shape index (κ3) is 3.89. The Bertz CT molecular complexity index is 1160. The summed E-state index contributed by atoms with van der Waals surface area (Å²) in [5.74, 6) is -1.16. The number of amides is 1. The van der Waals surface area contributed by atoms with Gasteiger partial charge in [0.15, 0.2) is 0 Å². The number of carbonyl (C=O) groups excluding carboxylic acids is 2. The van der Waals surface area contributed by atoms with E-state index < -0.39 is 17.7 Å². The van der Waals surface area contributed by atoms with Crippen LogP contribution in [0, 0.1) is 12.7 Å². The molecule has 1 fully saturated rings. The van der Waals surface area contributed by atoms with E-state index in [0.29, 0.717) is 22.6 Å². The van der Waals surface area contributed by atoms with Gasteiger partial charge in [-0.2, -0.15) is 0 Å². The average molecular weight is 419 g/mol. The summed E-state index contributed by atoms with van der Waals surface area (Å²) in [5, 5.41) is 11.0. The lowest BCUT2D eigenvalue weighted by Gasteiger charge is -2.23. The fourth-order valence-electron chi connectivity index (χ4n) is 3.78. The molecule has 0 aliphatic carbocycles. The Morgan fingerprint density at radius 1 is 1.00 bits per heavy atom. The number of aliphatic hydroxyl groups is 1. The first-order valence-electron chi connectivity index (χ1n) is 10.1. The van der Waals surface area contributed by atoms with Gasteiger partial charge in [0, 0.05) is 12.1 Å². The lowest BCUT2D eigenvalue weighted by molar-refractivity contribution is -0.140. The highest BCUT2D eigenvalue weighted by molar-refractivity contribution is 6.46. The van der Waals surface area contributed by atoms with Gasteiger partial charge >= 0.3 is 0 Å². The number of nitrogens with zero attached hydrogens (tertiary/aromatic N) is 1. The van der Waals surface area contributed by atoms with Crippen molar-refractivity contribution in [3.63, 3.8) is 0 Å². The number of hydrogen-bond donors (Lipinski definition) is 1. The summed E-state index contributed by atoms with van der Waals surface area (Å²) in [6.45, 7) is 3.86. The summed E-state index contributed by atoms with van der Waals surface area (Å²) >= 11 is 0. The zero-order valence-electron chi connectivity index (χ0n) is 17.3. The van der Waals surface area contributed by atoms with Crippen LogP contribution in [-0.4, -0.2) is 21.7 Å². The summed E-state index contributed by atoms with van der Waals surface area (Å²) in [7, 11) is 0. The standard InChI is InChI=1S/C25H22FNO4/c1-3-16-5-9-18(10-6-16)23(28)21-22(20-13-4-15(2)31-20)27(25(30)24(21)29)14-17-7-11-19(26)12-8-17/h4-13,22,28H,3,14H2,1-2H3/b23-21-. The van der Waals surface area contributed by atoms with Gasteiger partial charge in [-0.05, 0) is 48.7 Å². The molecule has 1 aliphatic rings. The van der Waals surface area contributed by atoms with Gasteiger partial charge in [0.2, 0.25) is 0 Å². The van der Waals surface area contributed by atoms with Gasteiger partial charge in [0.05, 0.1) is 5.57 Å². The van der Waals surface area contributed by atoms with E-state index in [4.69, 9.17) is 4.42 Å². The molecule has 3 aromatic rings. The first kappa shape index (κ1) is 20.6. The Labute approximate surface area is 179 Å². The van der Waals surface area contributed by atoms with Crippen molar-refractivity contribution in [1.29, 1.82) is 0 Å². The topological polar surface area (TPSA) is 70.8 Å². The van der Waals surface area contributed by atoms with Crippen LogP contribution in [0.5, 0.6) is 0 Å². The highest BCUT2D eigenvalue weighted by Crippen LogP contribution is 2.40. The third-order valence-electron chi connectivity index (χ3n) is 5.47. The van der Waals surface area contributed by atoms with Crippen LogP contribution < -0.4 is 0 Å². The van der Waals surface area contributed by atoms with E-state index >= 15 is 0 Å². The van der Waals surface area contributed by atoms with Crippen molar-refractivity contribution in [2.75, 3.05) is 0 Å². The SMILES string of the molecule is CCc1ccc(/C(O)=C2/C(=O)C(=O)N(Cc3ccc(F)cc3)C2c2ccc(C)o2)cc1. The number of carbonyl (C=O) groups is 2. The van der Waals surface area contributed by atoms with E-state index in [1.54, 1.807) is 43.3 Å². The van der Waals surface area contributed by atoms with Crippen molar-refractivity contribution in [1.82, 2.24) is 4.90 Å². The molecule has 0 bridgehead atoms. The maximum atomic E-state index is 13.3. The molecule has 1 amide bonds. The Morgan fingerprint density at radius 3 is 2.23 bits per heavy atom. The van der Waals surface area contributed by atoms with E-state index in [2.05, 4.69) is 0 Å². The Kier molecular flexibility index (Phi) is 5.46. The molecule has 5 nitrogen and oxygen atoms in total. The van der Waals surface area contributed by atoms with Crippen LogP contribution >= 0.6 is 0 Å². The summed E-state index contributed by atoms with van der Waals surface area (Å²) < 4.78 is 19.1. The van der Waals surface area contributed by atoms with Gasteiger partial charge < -0.3 is 14.4 Å². The largest absolute Gasteiger partial charge is 0.507 e. The number of aliphatic hydroxyl groups excluding tert-OH is 1. The number of likely N-dealkylation sites (tertiary alicyclic amines) is 1. The minimum atomic E-state index is -0.885. The molecule has 158 valence electrons. The molecule has 31 heavy (non-hydrogen) atoms. The highest BCUT2D eigenvalue weighted by atomic mass is 19.1. The van der Waals surface area contributed by atoms with Gasteiger partial charge in [0.25, 0.3) is 11.7 Å². The van der Waals surface area contributed by atoms with E-state index in [9.17, 15) is 19.1 Å². The van der Waals surface area contributed by atoms with Crippen molar-refractivity contribution < 1.29 is 23.5 Å². The Morgan fingerprint density at radius 2 is 1.65 bits per heavy atom. The molecule has 6 heteroatoms. The molecule has 4 rings (SSSR count). The summed E-state index contributed by atoms with van der Waals surface area (Å²) in [4.78, 5) is 27.3. The predicted molar refractivity (Wildman–Crippen MR) is 114 cm³/mol. The zero-order valence-corrected chi connectivity index (χ0v) is 17.3. The maximum absolute atomic E-state index is 13.3. The molecule has 1 aliphatic heterocycles. The smallest absolute Gasteiger partial charge is 0.296 e. The van der Waals surface area contributed by atoms with Gasteiger partial charge in [-0.3, -0.25) is 9.59 Å². The second-order valence-electron chi connectivity index (χ2n) is 7.55. The number of Topliss-reactive ketones (excluding diaryl/α,β-unsaturated/α-hetero) is 1. The molecule has 1 saturated heterocycles. The van der Waals surface area contributed by atoms with Crippen molar-refractivity contribution in [3.05, 3.63) is 100 Å². The second-order valence-corrected chi connectivity index (χ2v) is 7.55. The Balaban J connectivity index is 1.81. The minimum absolute atomic E-state index is 0.0225. The van der Waals surface area contributed by atoms with E-state index in [0.717, 1.165) is 12.0 Å². The van der Waals surface area contributed by atoms with Crippen LogP contribution in [0.15, 0.2) is 70.7 Å². The number of hydrogen-bond acceptors (Lipinski definition) is 4. The van der Waals surface area contributed by atoms with Crippen LogP contribution in [0.25, 0.3) is 5.76 Å². The molecule has 2 heterocycles. The fraction of sp³-hybridized carbons (Fsp3) is 0.200. The van der Waals surface area contributed by atoms with Gasteiger partial charge in [-0.25, -0.2) is 4.39 Å². The molecular weight excluding hydrogens is 397 g/mol. The van der Waals surface area contributed by atoms with E-state index in [1.165, 1.54) is 17.0 Å². The first-order chi connectivity index (χ1) is 14.9. The molecule has 0 saturated carbocycles. The van der Waals surface area contributed by atoms with Crippen molar-refractivity contribution >= 4 is 17.4 Å². The number of halogens is 1. The van der Waals surface area contributed by atoms with Gasteiger partial charge in [-0.15, -0.1) is 0 Å². The average Bonchev–Trinajstić information content (AvgIpc) is 3.31. The van der Waals surface area contributed by atoms with Crippen molar-refractivity contribution in [2.24, 2.45) is 0 Å². The zero-order chi connectivity index (χ0) is 22.1. The van der Waals surface area contributed by atoms with Crippen LogP contribution in [0.2, 0.25) is 0 Å². The van der Waals surface area contributed by atoms with Crippen LogP contribution in [0.4, 0.5) is 4.39 Å². The van der Waals surface area contributed by atoms with Crippen LogP contribution in [-0.2, 0) is 22.6 Å². The molecule has 1 atom stereocenters. The molecule has 0 spiro atoms. The third-order valence-corrected chi connectivity index (χ3v) is 5.47. The predicted octanol–water partition coefficient (Wildman–Crippen LogP) is 4.91. The van der Waals surface area contributed by atoms with E-state index in [-0.39, 0.29) is 23.7 Å². The number of ketones is 1. The van der Waals surface area contributed by atoms with Gasteiger partial charge in [0.1, 0.15) is 29.1 Å². The number of benzene rings is 2. The number of furan rings is 1. The van der Waals surface area contributed by atoms with Crippen LogP contribution in [0.3, 0.4) is 0 Å². The van der Waals surface area contributed by atoms with Gasteiger partial charge in [-0.1, -0.05) is 43.3 Å². The number of aryl methyl sites for hydroxylation is 2. The van der Waals surface area contributed by atoms with Crippen molar-refractivity contribution in [2.45, 2.75) is 32.9 Å². The fourth-order valence-corrected chi connectivity index (χ4v) is 3.78. The molecular formula is C25H22FNO4. The normalized spacial score (nSPS) is 18.0. The maximum Gasteiger partial charge on any atom is 0.296 e. The first-order valence-corrected chi connectivity index (χ1v) is 10.1. The summed E-state index contributed by atoms with van der Waals surface area (Å²) in [5.41, 5.74) is 2.17. The van der Waals surface area contributed by atoms with Crippen LogP contribution in [0.1, 0.15) is 41.2 Å². The lowest BCUT2D eigenvalue weighted by atomic mass is 9.98. The van der Waals surface area contributed by atoms with E-state index in [1.807, 2.05) is 19.1 Å². The molecule has 0 radical (unpaired) electrons. The molecule has 2 aromatic carbocycles. The molecule has 1 N–H and O–H groups in total. The summed E-state index contributed by atoms with van der Waals surface area (Å²) in [6.07, 6.45) is 0.842. The molecule has 1 unspecified atom stereocenters. The monoisotopic (exact) mass is 419 g/mol. The summed E-state index contributed by atoms with van der Waals surface area (Å²) in [6, 6.07) is 15.5. The quantitative estimate of drug-likeness (QED) is 0.362. The second kappa shape index (κ2) is 8.22. The minimum Gasteiger partial charge on any atom is -0.507 e. The highest BCUT2D eigenvalue weighted by Gasteiger charge is 2.47. The lowest BCUT2D eigenvalue weighted by Crippen LogP contribution is -2.29. The number of rotatable bonds is 5. The van der Waals surface area contributed by atoms with Crippen molar-refractivity contribution in [3.8, 4) is 0 Å². The molecule has 1 aromatic heterocycles. The Hall–Kier alpha value is -3.67.